The Kier molecular flexibility index (Phi) is 19.1. The van der Waals surface area contributed by atoms with Gasteiger partial charge in [0.2, 0.25) is 29.5 Å². The normalized spacial score (nSPS) is 16.3. The number of ether oxygens (including phenoxy) is 1. The van der Waals surface area contributed by atoms with Crippen molar-refractivity contribution in [3.63, 3.8) is 0 Å². The third-order valence-electron chi connectivity index (χ3n) is 14.7. The van der Waals surface area contributed by atoms with Crippen molar-refractivity contribution in [2.45, 2.75) is 102 Å². The molecule has 4 atom stereocenters. The summed E-state index contributed by atoms with van der Waals surface area (Å²) in [4.78, 5) is 108. The molecular formula is C59H66Cl2N8O10. The molecule has 5 aromatic carbocycles. The van der Waals surface area contributed by atoms with Crippen LogP contribution in [0.1, 0.15) is 100 Å². The maximum Gasteiger partial charge on any atom is 0.312 e. The van der Waals surface area contributed by atoms with E-state index in [1.54, 1.807) is 54.0 Å². The number of benzene rings is 5. The van der Waals surface area contributed by atoms with E-state index in [1.165, 1.54) is 12.2 Å². The van der Waals surface area contributed by atoms with E-state index in [0.29, 0.717) is 79.3 Å². The van der Waals surface area contributed by atoms with Gasteiger partial charge in [0.05, 0.1) is 11.4 Å². The lowest BCUT2D eigenvalue weighted by Crippen LogP contribution is -2.54. The predicted molar refractivity (Wildman–Crippen MR) is 304 cm³/mol. The van der Waals surface area contributed by atoms with Gasteiger partial charge in [-0.2, -0.15) is 0 Å². The van der Waals surface area contributed by atoms with Crippen molar-refractivity contribution >= 4 is 109 Å². The van der Waals surface area contributed by atoms with Crippen molar-refractivity contribution in [1.29, 1.82) is 0 Å². The smallest absolute Gasteiger partial charge is 0.312 e. The Morgan fingerprint density at radius 3 is 1.87 bits per heavy atom. The highest BCUT2D eigenvalue weighted by Crippen LogP contribution is 2.47. The summed E-state index contributed by atoms with van der Waals surface area (Å²) in [6.07, 6.45) is 5.13. The number of unbranched alkanes of at least 4 members (excludes halogenated alkanes) is 2. The number of nitrogens with zero attached hydrogens (tertiary/aromatic N) is 3. The fourth-order valence-electron chi connectivity index (χ4n) is 10.6. The summed E-state index contributed by atoms with van der Waals surface area (Å²) in [6, 6.07) is 23.1. The zero-order valence-electron chi connectivity index (χ0n) is 44.2. The summed E-state index contributed by atoms with van der Waals surface area (Å²) in [5, 5.41) is 25.1. The van der Waals surface area contributed by atoms with Crippen LogP contribution in [0, 0.1) is 5.92 Å². The fourth-order valence-corrected chi connectivity index (χ4v) is 11.1. The van der Waals surface area contributed by atoms with Gasteiger partial charge < -0.3 is 46.6 Å². The van der Waals surface area contributed by atoms with Gasteiger partial charge in [0.25, 0.3) is 11.8 Å². The number of urea groups is 1. The van der Waals surface area contributed by atoms with Gasteiger partial charge in [-0.25, -0.2) is 4.79 Å². The monoisotopic (exact) mass is 1120 g/mol. The number of halogens is 2. The number of alkyl halides is 2. The van der Waals surface area contributed by atoms with Crippen LogP contribution in [0.25, 0.3) is 21.5 Å². The van der Waals surface area contributed by atoms with E-state index in [1.807, 2.05) is 54.6 Å². The minimum absolute atomic E-state index is 0.0894. The van der Waals surface area contributed by atoms with Crippen molar-refractivity contribution in [3.8, 4) is 11.5 Å². The van der Waals surface area contributed by atoms with Crippen LogP contribution in [0.4, 0.5) is 21.9 Å². The molecule has 7 N–H and O–H groups in total. The zero-order chi connectivity index (χ0) is 56.3. The third kappa shape index (κ3) is 13.6. The number of carbonyl (C=O) groups is 8. The average molecular weight is 1120 g/mol. The van der Waals surface area contributed by atoms with E-state index in [4.69, 9.17) is 33.7 Å². The van der Waals surface area contributed by atoms with Crippen molar-refractivity contribution in [3.05, 3.63) is 114 Å². The molecule has 5 aromatic rings. The van der Waals surface area contributed by atoms with Crippen molar-refractivity contribution < 1.29 is 48.2 Å². The topological polar surface area (TPSA) is 250 Å². The summed E-state index contributed by atoms with van der Waals surface area (Å²) < 4.78 is 6.50. The first-order chi connectivity index (χ1) is 38.1. The maximum absolute atomic E-state index is 14.1. The Balaban J connectivity index is 0.879. The molecule has 416 valence electrons. The van der Waals surface area contributed by atoms with E-state index >= 15 is 0 Å². The number of hydrogen-bond donors (Lipinski definition) is 6. The largest absolute Gasteiger partial charge is 0.507 e. The standard InChI is InChI=1S/C59H66Cl2N8O10/c1-35(2)56(66-49(71)17-4-3-9-27-67-52(74)24-25-53(67)75)58(77)65-44(16-11-26-63-59(62)78)57(76)64-39-22-20-36(21-23-39)34-79-48-29-46-55(43-15-8-6-13-41(43)48)38(31-61)33-69(46)51(73)19-10-18-50(72)68-32-37(30-60)54-42-14-7-5-12-40(42)47(70)28-45(54)68/h5-8,12-15,20-25,28-29,35,37-38,44,56,70H,3-4,9-11,16-19,26-27,30-34H2,1-2H3,(H,64,76)(H,65,77)(H,66,71)(H3,62,63,78)/t37-,38-,44+,56+/m1/s1. The number of amides is 9. The van der Waals surface area contributed by atoms with E-state index in [0.717, 1.165) is 37.7 Å². The summed E-state index contributed by atoms with van der Waals surface area (Å²) in [5.41, 5.74) is 9.69. The molecule has 0 saturated heterocycles. The molecule has 0 saturated carbocycles. The lowest BCUT2D eigenvalue weighted by Gasteiger charge is -2.25. The molecule has 0 spiro atoms. The molecule has 0 unspecified atom stereocenters. The number of aromatic hydroxyl groups is 1. The van der Waals surface area contributed by atoms with Gasteiger partial charge in [-0.15, -0.1) is 23.2 Å². The number of phenolic OH excluding ortho intramolecular Hbond substituents is 1. The van der Waals surface area contributed by atoms with Crippen LogP contribution in [0.3, 0.4) is 0 Å². The summed E-state index contributed by atoms with van der Waals surface area (Å²) in [6.45, 7) is 4.85. The number of carbonyl (C=O) groups excluding carboxylic acids is 8. The van der Waals surface area contributed by atoms with Crippen molar-refractivity contribution in [2.24, 2.45) is 11.7 Å². The van der Waals surface area contributed by atoms with Crippen molar-refractivity contribution in [2.75, 3.05) is 53.1 Å². The molecule has 18 nitrogen and oxygen atoms in total. The van der Waals surface area contributed by atoms with Crippen LogP contribution in [0.5, 0.6) is 11.5 Å². The number of fused-ring (bicyclic) bond motifs is 6. The third-order valence-corrected chi connectivity index (χ3v) is 15.4. The first-order valence-corrected chi connectivity index (χ1v) is 27.9. The maximum atomic E-state index is 14.1. The molecule has 3 aliphatic rings. The number of anilines is 3. The van der Waals surface area contributed by atoms with Crippen LogP contribution < -0.4 is 41.5 Å². The lowest BCUT2D eigenvalue weighted by molar-refractivity contribution is -0.137. The molecule has 20 heteroatoms. The molecule has 79 heavy (non-hydrogen) atoms. The molecule has 9 amide bonds. The minimum Gasteiger partial charge on any atom is -0.507 e. The highest BCUT2D eigenvalue weighted by molar-refractivity contribution is 6.19. The molecule has 3 aliphatic heterocycles. The molecule has 3 heterocycles. The highest BCUT2D eigenvalue weighted by Gasteiger charge is 2.37. The summed E-state index contributed by atoms with van der Waals surface area (Å²) >= 11 is 13.0. The Hall–Kier alpha value is -7.70. The van der Waals surface area contributed by atoms with Crippen LogP contribution in [0.15, 0.2) is 97.1 Å². The number of imide groups is 1. The van der Waals surface area contributed by atoms with Crippen LogP contribution in [0.2, 0.25) is 0 Å². The first-order valence-electron chi connectivity index (χ1n) is 26.8. The summed E-state index contributed by atoms with van der Waals surface area (Å²) in [5.74, 6) is -1.79. The number of nitrogens with two attached hydrogens (primary N) is 1. The highest BCUT2D eigenvalue weighted by atomic mass is 35.5. The van der Waals surface area contributed by atoms with Gasteiger partial charge in [-0.1, -0.05) is 80.9 Å². The minimum atomic E-state index is -1.05. The van der Waals surface area contributed by atoms with Crippen LogP contribution in [-0.4, -0.2) is 107 Å². The number of phenols is 1. The second kappa shape index (κ2) is 26.3. The molecule has 0 fully saturated rings. The van der Waals surface area contributed by atoms with E-state index in [-0.39, 0.29) is 104 Å². The Morgan fingerprint density at radius 2 is 1.28 bits per heavy atom. The van der Waals surface area contributed by atoms with E-state index in [9.17, 15) is 43.5 Å². The van der Waals surface area contributed by atoms with Crippen molar-refractivity contribution in [1.82, 2.24) is 20.9 Å². The van der Waals surface area contributed by atoms with Crippen LogP contribution >= 0.6 is 23.2 Å². The number of rotatable bonds is 25. The Labute approximate surface area is 468 Å². The lowest BCUT2D eigenvalue weighted by atomic mass is 9.95. The first kappa shape index (κ1) is 57.5. The Morgan fingerprint density at radius 1 is 0.696 bits per heavy atom. The molecule has 8 rings (SSSR count). The second-order valence-electron chi connectivity index (χ2n) is 20.5. The van der Waals surface area contributed by atoms with Gasteiger partial charge in [0.15, 0.2) is 0 Å². The number of hydrogen-bond acceptors (Lipinski definition) is 10. The molecule has 0 aromatic heterocycles. The quantitative estimate of drug-likeness (QED) is 0.0187. The molecular weight excluding hydrogens is 1050 g/mol. The molecule has 0 bridgehead atoms. The van der Waals surface area contributed by atoms with Gasteiger partial charge in [-0.05, 0) is 77.6 Å². The van der Waals surface area contributed by atoms with Gasteiger partial charge in [0.1, 0.15) is 30.2 Å². The van der Waals surface area contributed by atoms with E-state index in [2.05, 4.69) is 21.3 Å². The second-order valence-corrected chi connectivity index (χ2v) is 21.1. The predicted octanol–water partition coefficient (Wildman–Crippen LogP) is 7.98. The van der Waals surface area contributed by atoms with Gasteiger partial charge >= 0.3 is 6.03 Å². The van der Waals surface area contributed by atoms with Gasteiger partial charge in [0, 0.05) is 110 Å². The van der Waals surface area contributed by atoms with Crippen LogP contribution in [-0.2, 0) is 40.2 Å². The zero-order valence-corrected chi connectivity index (χ0v) is 45.7. The number of primary amides is 1. The van der Waals surface area contributed by atoms with Gasteiger partial charge in [-0.3, -0.25) is 38.5 Å². The SMILES string of the molecule is CC(C)[C@H](NC(=O)CCCCCN1C(=O)C=CC1=O)C(=O)N[C@@H](CCCNC(N)=O)C(=O)Nc1ccc(COc2cc3c(c4ccccc24)[C@H](CCl)CN3C(=O)CCCC(=O)N2C[C@@H](CCl)c3c2cc(O)c2ccccc32)cc1. The molecule has 0 aliphatic carbocycles. The average Bonchev–Trinajstić information content (AvgIpc) is 4.35. The molecule has 0 radical (unpaired) electrons. The fraction of sp³-hybridized carbons (Fsp3) is 0.390. The Bertz CT molecular complexity index is 3150. The summed E-state index contributed by atoms with van der Waals surface area (Å²) in [7, 11) is 0. The number of nitrogens with one attached hydrogen (secondary N) is 4. The van der Waals surface area contributed by atoms with E-state index < -0.39 is 29.9 Å².